The van der Waals surface area contributed by atoms with Crippen molar-refractivity contribution in [2.24, 2.45) is 9.98 Å². The van der Waals surface area contributed by atoms with Crippen LogP contribution in [0.2, 0.25) is 0 Å². The molecular formula is C44H28N2O2S. The molecule has 4 unspecified atom stereocenters. The van der Waals surface area contributed by atoms with E-state index >= 15 is 0 Å². The summed E-state index contributed by atoms with van der Waals surface area (Å²) in [5.41, 5.74) is 9.83. The fraction of sp³-hybridized carbons (Fsp3) is 0.0909. The van der Waals surface area contributed by atoms with Crippen LogP contribution in [0.5, 0.6) is 5.75 Å². The van der Waals surface area contributed by atoms with Crippen LogP contribution in [0.4, 0.5) is 0 Å². The highest BCUT2D eigenvalue weighted by atomic mass is 32.2. The number of allylic oxidation sites excluding steroid dienone is 2. The summed E-state index contributed by atoms with van der Waals surface area (Å²) in [4.78, 5) is 12.3. The SMILES string of the molecule is C1=CC2Oc3c(cc(C4=NC5c6ccccc6SC5C(c5ccc6c(c5)oc5ccccc56)=N4)c4ccccc34)C2C(c2ccccc2)=C1. The first-order valence-electron chi connectivity index (χ1n) is 16.8. The van der Waals surface area contributed by atoms with Crippen molar-refractivity contribution < 1.29 is 9.15 Å². The van der Waals surface area contributed by atoms with Crippen molar-refractivity contribution in [3.63, 3.8) is 0 Å². The van der Waals surface area contributed by atoms with E-state index in [0.29, 0.717) is 0 Å². The lowest BCUT2D eigenvalue weighted by atomic mass is 9.80. The Kier molecular flexibility index (Phi) is 5.81. The quantitative estimate of drug-likeness (QED) is 0.192. The Bertz CT molecular complexity index is 2650. The molecule has 3 aliphatic heterocycles. The third-order valence-corrected chi connectivity index (χ3v) is 11.8. The molecule has 0 bridgehead atoms. The van der Waals surface area contributed by atoms with E-state index in [-0.39, 0.29) is 23.3 Å². The average Bonchev–Trinajstić information content (AvgIpc) is 3.85. The van der Waals surface area contributed by atoms with Crippen LogP contribution in [-0.4, -0.2) is 22.9 Å². The van der Waals surface area contributed by atoms with Gasteiger partial charge in [-0.3, -0.25) is 4.99 Å². The maximum absolute atomic E-state index is 6.77. The first-order chi connectivity index (χ1) is 24.3. The third kappa shape index (κ3) is 4.06. The molecule has 11 rings (SSSR count). The second kappa shape index (κ2) is 10.4. The van der Waals surface area contributed by atoms with E-state index in [4.69, 9.17) is 19.1 Å². The van der Waals surface area contributed by atoms with Crippen molar-refractivity contribution in [3.8, 4) is 5.75 Å². The van der Waals surface area contributed by atoms with E-state index in [1.165, 1.54) is 27.2 Å². The molecule has 0 saturated heterocycles. The Morgan fingerprint density at radius 3 is 2.33 bits per heavy atom. The number of amidine groups is 1. The fourth-order valence-corrected chi connectivity index (χ4v) is 9.59. The van der Waals surface area contributed by atoms with E-state index in [1.54, 1.807) is 0 Å². The molecule has 6 aromatic carbocycles. The predicted octanol–water partition coefficient (Wildman–Crippen LogP) is 10.7. The summed E-state index contributed by atoms with van der Waals surface area (Å²) in [6.07, 6.45) is 6.49. The van der Waals surface area contributed by atoms with Crippen LogP contribution >= 0.6 is 11.8 Å². The average molecular weight is 649 g/mol. The molecule has 4 heterocycles. The van der Waals surface area contributed by atoms with Crippen molar-refractivity contribution in [1.29, 1.82) is 0 Å². The number of furan rings is 1. The van der Waals surface area contributed by atoms with Gasteiger partial charge in [0, 0.05) is 37.7 Å². The largest absolute Gasteiger partial charge is 0.484 e. The lowest BCUT2D eigenvalue weighted by Gasteiger charge is -2.25. The predicted molar refractivity (Wildman–Crippen MR) is 200 cm³/mol. The smallest absolute Gasteiger partial charge is 0.156 e. The standard InChI is InChI=1S/C44H28N2O2S/c1-2-11-25(12-3-1)27-17-10-19-36-39(27)34-24-33(28-13-4-5-15-31(28)42(34)48-36)44-45-40(43-41(46-44)32-16-7-9-20-38(32)49-43)26-21-22-30-29-14-6-8-18-35(29)47-37(30)23-26/h1-24,36,39,41,43H. The molecule has 0 N–H and O–H groups in total. The highest BCUT2D eigenvalue weighted by molar-refractivity contribution is 8.01. The van der Waals surface area contributed by atoms with E-state index in [0.717, 1.165) is 61.1 Å². The van der Waals surface area contributed by atoms with Crippen molar-refractivity contribution in [3.05, 3.63) is 173 Å². The van der Waals surface area contributed by atoms with Crippen molar-refractivity contribution >= 4 is 61.6 Å². The number of rotatable bonds is 3. The summed E-state index contributed by atoms with van der Waals surface area (Å²) in [5.74, 6) is 1.79. The molecule has 0 saturated carbocycles. The fourth-order valence-electron chi connectivity index (χ4n) is 8.19. The van der Waals surface area contributed by atoms with Crippen molar-refractivity contribution in [2.75, 3.05) is 0 Å². The van der Waals surface area contributed by atoms with Crippen LogP contribution in [-0.2, 0) is 0 Å². The van der Waals surface area contributed by atoms with Gasteiger partial charge in [0.1, 0.15) is 23.0 Å². The summed E-state index contributed by atoms with van der Waals surface area (Å²) < 4.78 is 13.1. The molecule has 232 valence electrons. The van der Waals surface area contributed by atoms with Gasteiger partial charge in [0.15, 0.2) is 5.84 Å². The molecule has 0 radical (unpaired) electrons. The van der Waals surface area contributed by atoms with Crippen LogP contribution in [0.3, 0.4) is 0 Å². The zero-order chi connectivity index (χ0) is 32.1. The summed E-state index contributed by atoms with van der Waals surface area (Å²) in [7, 11) is 0. The Morgan fingerprint density at radius 2 is 1.41 bits per heavy atom. The monoisotopic (exact) mass is 648 g/mol. The minimum absolute atomic E-state index is 0.0523. The lowest BCUT2D eigenvalue weighted by Crippen LogP contribution is -2.28. The summed E-state index contributed by atoms with van der Waals surface area (Å²) in [6, 6.07) is 45.0. The molecule has 4 nitrogen and oxygen atoms in total. The van der Waals surface area contributed by atoms with Crippen LogP contribution < -0.4 is 4.74 Å². The third-order valence-electron chi connectivity index (χ3n) is 10.4. The minimum Gasteiger partial charge on any atom is -0.484 e. The first-order valence-corrected chi connectivity index (χ1v) is 17.7. The van der Waals surface area contributed by atoms with E-state index in [1.807, 2.05) is 23.9 Å². The van der Waals surface area contributed by atoms with Gasteiger partial charge in [-0.25, -0.2) is 4.99 Å². The zero-order valence-corrected chi connectivity index (χ0v) is 27.1. The Balaban J connectivity index is 1.12. The van der Waals surface area contributed by atoms with Gasteiger partial charge in [-0.15, -0.1) is 11.8 Å². The molecule has 7 aromatic rings. The molecule has 4 atom stereocenters. The number of thioether (sulfide) groups is 1. The summed E-state index contributed by atoms with van der Waals surface area (Å²) in [5, 5.41) is 4.50. The van der Waals surface area contributed by atoms with Crippen molar-refractivity contribution in [2.45, 2.75) is 28.2 Å². The van der Waals surface area contributed by atoms with E-state index < -0.39 is 0 Å². The minimum atomic E-state index is -0.0701. The van der Waals surface area contributed by atoms with Crippen molar-refractivity contribution in [1.82, 2.24) is 0 Å². The van der Waals surface area contributed by atoms with Crippen LogP contribution in [0, 0.1) is 0 Å². The van der Waals surface area contributed by atoms with Gasteiger partial charge in [-0.05, 0) is 58.5 Å². The Morgan fingerprint density at radius 1 is 0.633 bits per heavy atom. The van der Waals surface area contributed by atoms with E-state index in [9.17, 15) is 0 Å². The topological polar surface area (TPSA) is 47.1 Å². The molecule has 1 aliphatic carbocycles. The highest BCUT2D eigenvalue weighted by Gasteiger charge is 2.42. The number of benzene rings is 6. The second-order valence-electron chi connectivity index (χ2n) is 13.1. The van der Waals surface area contributed by atoms with Gasteiger partial charge in [0.05, 0.1) is 22.9 Å². The molecule has 4 aliphatic rings. The van der Waals surface area contributed by atoms with Crippen LogP contribution in [0.15, 0.2) is 165 Å². The van der Waals surface area contributed by atoms with Gasteiger partial charge >= 0.3 is 0 Å². The normalized spacial score (nSPS) is 21.8. The number of hydrogen-bond donors (Lipinski definition) is 0. The molecular weight excluding hydrogens is 621 g/mol. The highest BCUT2D eigenvalue weighted by Crippen LogP contribution is 2.53. The maximum Gasteiger partial charge on any atom is 0.156 e. The van der Waals surface area contributed by atoms with Gasteiger partial charge in [-0.2, -0.15) is 0 Å². The molecule has 5 heteroatoms. The molecule has 0 amide bonds. The van der Waals surface area contributed by atoms with Gasteiger partial charge in [-0.1, -0.05) is 109 Å². The number of fused-ring (bicyclic) bond motifs is 11. The number of aliphatic imine (C=N–C) groups is 2. The zero-order valence-electron chi connectivity index (χ0n) is 26.3. The number of nitrogens with zero attached hydrogens (tertiary/aromatic N) is 2. The molecule has 0 fully saturated rings. The number of hydrogen-bond acceptors (Lipinski definition) is 5. The van der Waals surface area contributed by atoms with Gasteiger partial charge in [0.25, 0.3) is 0 Å². The van der Waals surface area contributed by atoms with E-state index in [2.05, 4.69) is 133 Å². The summed E-state index contributed by atoms with van der Waals surface area (Å²) in [6.45, 7) is 0. The Hall–Kier alpha value is -5.65. The number of ether oxygens (including phenoxy) is 1. The lowest BCUT2D eigenvalue weighted by molar-refractivity contribution is 0.274. The maximum atomic E-state index is 6.77. The number of para-hydroxylation sites is 1. The van der Waals surface area contributed by atoms with Gasteiger partial charge in [0.2, 0.25) is 0 Å². The van der Waals surface area contributed by atoms with Crippen LogP contribution in [0.25, 0.3) is 38.3 Å². The molecule has 0 spiro atoms. The second-order valence-corrected chi connectivity index (χ2v) is 14.3. The van der Waals surface area contributed by atoms with Gasteiger partial charge < -0.3 is 9.15 Å². The van der Waals surface area contributed by atoms with Crippen LogP contribution in [0.1, 0.15) is 39.8 Å². The first kappa shape index (κ1) is 27.3. The molecule has 1 aromatic heterocycles. The Labute approximate surface area is 287 Å². The molecule has 49 heavy (non-hydrogen) atoms. The summed E-state index contributed by atoms with van der Waals surface area (Å²) >= 11 is 1.86.